The quantitative estimate of drug-likeness (QED) is 0.885. The molecular weight excluding hydrogens is 336 g/mol. The van der Waals surface area contributed by atoms with Crippen LogP contribution in [0, 0.1) is 5.92 Å². The molecule has 142 valence electrons. The first-order chi connectivity index (χ1) is 13.2. The number of ketones is 1. The first kappa shape index (κ1) is 18.2. The molecule has 4 nitrogen and oxygen atoms in total. The Bertz CT molecular complexity index is 784. The topological polar surface area (TPSA) is 55.6 Å². The predicted octanol–water partition coefficient (Wildman–Crippen LogP) is 3.19. The number of nitrogens with two attached hydrogens (primary N) is 1. The Morgan fingerprint density at radius 1 is 1.07 bits per heavy atom. The van der Waals surface area contributed by atoms with Crippen molar-refractivity contribution in [2.24, 2.45) is 11.7 Å². The van der Waals surface area contributed by atoms with Crippen molar-refractivity contribution in [2.45, 2.75) is 37.8 Å². The molecule has 0 spiro atoms. The van der Waals surface area contributed by atoms with Gasteiger partial charge in [0.25, 0.3) is 0 Å². The zero-order valence-electron chi connectivity index (χ0n) is 15.8. The van der Waals surface area contributed by atoms with E-state index in [1.54, 1.807) is 0 Å². The molecule has 0 radical (unpaired) electrons. The second kappa shape index (κ2) is 7.83. The summed E-state index contributed by atoms with van der Waals surface area (Å²) in [6.45, 7) is 3.10. The van der Waals surface area contributed by atoms with Crippen LogP contribution in [0.25, 0.3) is 0 Å². The van der Waals surface area contributed by atoms with Gasteiger partial charge in [0.15, 0.2) is 11.4 Å². The maximum absolute atomic E-state index is 13.4. The van der Waals surface area contributed by atoms with Crippen LogP contribution < -0.4 is 10.5 Å². The maximum atomic E-state index is 13.4. The Hall–Kier alpha value is -2.17. The fourth-order valence-corrected chi connectivity index (χ4v) is 4.39. The molecule has 2 aliphatic heterocycles. The molecule has 2 aliphatic rings. The number of carbonyl (C=O) groups is 1. The van der Waals surface area contributed by atoms with Crippen molar-refractivity contribution >= 4 is 5.78 Å². The molecule has 0 aliphatic carbocycles. The van der Waals surface area contributed by atoms with E-state index < -0.39 is 5.60 Å². The summed E-state index contributed by atoms with van der Waals surface area (Å²) < 4.78 is 6.22. The van der Waals surface area contributed by atoms with Gasteiger partial charge in [0.05, 0.1) is 0 Å². The number of Topliss-reactive ketones (excluding diaryl/α,β-unsaturated/α-hetero) is 1. The van der Waals surface area contributed by atoms with Crippen LogP contribution in [0.4, 0.5) is 0 Å². The molecule has 4 rings (SSSR count). The molecular formula is C23H28N2O2. The van der Waals surface area contributed by atoms with Crippen molar-refractivity contribution in [1.82, 2.24) is 4.90 Å². The predicted molar refractivity (Wildman–Crippen MR) is 107 cm³/mol. The van der Waals surface area contributed by atoms with Gasteiger partial charge in [-0.2, -0.15) is 0 Å². The molecule has 1 saturated heterocycles. The molecule has 4 heteroatoms. The summed E-state index contributed by atoms with van der Waals surface area (Å²) >= 11 is 0. The first-order valence-corrected chi connectivity index (χ1v) is 9.98. The number of aryl methyl sites for hydroxylation is 1. The Morgan fingerprint density at radius 3 is 2.52 bits per heavy atom. The van der Waals surface area contributed by atoms with Crippen molar-refractivity contribution < 1.29 is 9.53 Å². The van der Waals surface area contributed by atoms with Crippen LogP contribution in [0.15, 0.2) is 54.6 Å². The van der Waals surface area contributed by atoms with E-state index in [9.17, 15) is 4.79 Å². The van der Waals surface area contributed by atoms with Gasteiger partial charge in [-0.25, -0.2) is 0 Å². The molecule has 0 aromatic heterocycles. The third kappa shape index (κ3) is 3.78. The molecule has 2 N–H and O–H groups in total. The molecule has 0 bridgehead atoms. The monoisotopic (exact) mass is 364 g/mol. The van der Waals surface area contributed by atoms with Crippen LogP contribution in [-0.2, 0) is 17.8 Å². The zero-order chi connectivity index (χ0) is 18.7. The second-order valence-electron chi connectivity index (χ2n) is 7.81. The highest BCUT2D eigenvalue weighted by Gasteiger charge is 2.45. The molecule has 27 heavy (non-hydrogen) atoms. The highest BCUT2D eigenvalue weighted by molar-refractivity contribution is 5.90. The maximum Gasteiger partial charge on any atom is 0.180 e. The van der Waals surface area contributed by atoms with E-state index >= 15 is 0 Å². The number of likely N-dealkylation sites (tertiary alicyclic amines) is 1. The minimum Gasteiger partial charge on any atom is -0.478 e. The highest BCUT2D eigenvalue weighted by atomic mass is 16.5. The number of ether oxygens (including phenoxy) is 1. The number of benzene rings is 2. The molecule has 2 heterocycles. The van der Waals surface area contributed by atoms with Gasteiger partial charge in [0.2, 0.25) is 0 Å². The van der Waals surface area contributed by atoms with Crippen LogP contribution in [0.5, 0.6) is 5.75 Å². The Morgan fingerprint density at radius 2 is 1.78 bits per heavy atom. The van der Waals surface area contributed by atoms with Gasteiger partial charge >= 0.3 is 0 Å². The summed E-state index contributed by atoms with van der Waals surface area (Å²) in [6.07, 6.45) is 3.31. The summed E-state index contributed by atoms with van der Waals surface area (Å²) in [5.41, 5.74) is 7.73. The van der Waals surface area contributed by atoms with E-state index in [0.717, 1.165) is 44.6 Å². The van der Waals surface area contributed by atoms with Crippen LogP contribution in [0.3, 0.4) is 0 Å². The summed E-state index contributed by atoms with van der Waals surface area (Å²) in [6, 6.07) is 18.5. The van der Waals surface area contributed by atoms with E-state index in [4.69, 9.17) is 10.5 Å². The molecule has 0 amide bonds. The van der Waals surface area contributed by atoms with Gasteiger partial charge in [-0.15, -0.1) is 0 Å². The number of para-hydroxylation sites is 1. The lowest BCUT2D eigenvalue weighted by molar-refractivity contribution is -0.141. The van der Waals surface area contributed by atoms with Crippen LogP contribution in [0.1, 0.15) is 30.4 Å². The standard InChI is InChI=1S/C23H28N2O2/c24-17-23(13-10-19-8-4-5-9-21(19)27-23)22(26)20-11-14-25(15-12-20)16-18-6-2-1-3-7-18/h1-9,20H,10-17,24H2. The molecule has 0 saturated carbocycles. The number of rotatable bonds is 5. The lowest BCUT2D eigenvalue weighted by Gasteiger charge is -2.40. The number of fused-ring (bicyclic) bond motifs is 1. The van der Waals surface area contributed by atoms with Gasteiger partial charge in [-0.05, 0) is 56.0 Å². The molecule has 2 aromatic carbocycles. The summed E-state index contributed by atoms with van der Waals surface area (Å²) in [5.74, 6) is 1.08. The minimum atomic E-state index is -0.847. The molecule has 1 unspecified atom stereocenters. The SMILES string of the molecule is NCC1(C(=O)C2CCN(Cc3ccccc3)CC2)CCc2ccccc2O1. The normalized spacial score (nSPS) is 23.4. The van der Waals surface area contributed by atoms with Gasteiger partial charge < -0.3 is 10.5 Å². The fraction of sp³-hybridized carbons (Fsp3) is 0.435. The van der Waals surface area contributed by atoms with Crippen LogP contribution >= 0.6 is 0 Å². The van der Waals surface area contributed by atoms with E-state index in [0.29, 0.717) is 6.42 Å². The van der Waals surface area contributed by atoms with Crippen LogP contribution in [-0.4, -0.2) is 35.9 Å². The Labute approximate surface area is 161 Å². The Kier molecular flexibility index (Phi) is 5.28. The van der Waals surface area contributed by atoms with Crippen molar-refractivity contribution in [3.63, 3.8) is 0 Å². The summed E-state index contributed by atoms with van der Waals surface area (Å²) in [7, 11) is 0. The van der Waals surface area contributed by atoms with Crippen molar-refractivity contribution in [3.05, 3.63) is 65.7 Å². The average Bonchev–Trinajstić information content (AvgIpc) is 2.74. The van der Waals surface area contributed by atoms with E-state index in [1.165, 1.54) is 11.1 Å². The molecule has 2 aromatic rings. The third-order valence-electron chi connectivity index (χ3n) is 6.06. The lowest BCUT2D eigenvalue weighted by Crippen LogP contribution is -2.56. The summed E-state index contributed by atoms with van der Waals surface area (Å²) in [5, 5.41) is 0. The van der Waals surface area contributed by atoms with Gasteiger partial charge in [0, 0.05) is 19.0 Å². The van der Waals surface area contributed by atoms with E-state index in [1.807, 2.05) is 24.3 Å². The van der Waals surface area contributed by atoms with Crippen molar-refractivity contribution in [1.29, 1.82) is 0 Å². The zero-order valence-corrected chi connectivity index (χ0v) is 15.8. The van der Waals surface area contributed by atoms with Crippen molar-refractivity contribution in [3.8, 4) is 5.75 Å². The summed E-state index contributed by atoms with van der Waals surface area (Å²) in [4.78, 5) is 15.8. The second-order valence-corrected chi connectivity index (χ2v) is 7.81. The lowest BCUT2D eigenvalue weighted by atomic mass is 9.78. The van der Waals surface area contributed by atoms with Gasteiger partial charge in [0.1, 0.15) is 5.75 Å². The average molecular weight is 364 g/mol. The first-order valence-electron chi connectivity index (χ1n) is 9.98. The third-order valence-corrected chi connectivity index (χ3v) is 6.06. The minimum absolute atomic E-state index is 0.0471. The van der Waals surface area contributed by atoms with Crippen molar-refractivity contribution in [2.75, 3.05) is 19.6 Å². The smallest absolute Gasteiger partial charge is 0.180 e. The largest absolute Gasteiger partial charge is 0.478 e. The highest BCUT2D eigenvalue weighted by Crippen LogP contribution is 2.36. The number of hydrogen-bond acceptors (Lipinski definition) is 4. The van der Waals surface area contributed by atoms with Gasteiger partial charge in [-0.3, -0.25) is 9.69 Å². The van der Waals surface area contributed by atoms with Crippen LogP contribution in [0.2, 0.25) is 0 Å². The number of carbonyl (C=O) groups excluding carboxylic acids is 1. The fourth-order valence-electron chi connectivity index (χ4n) is 4.39. The Balaban J connectivity index is 1.40. The van der Waals surface area contributed by atoms with E-state index in [2.05, 4.69) is 35.2 Å². The molecule has 1 fully saturated rings. The molecule has 1 atom stereocenters. The number of nitrogens with zero attached hydrogens (tertiary/aromatic N) is 1. The number of hydrogen-bond donors (Lipinski definition) is 1. The number of piperidine rings is 1. The van der Waals surface area contributed by atoms with Gasteiger partial charge in [-0.1, -0.05) is 48.5 Å². The van der Waals surface area contributed by atoms with E-state index in [-0.39, 0.29) is 18.2 Å².